The van der Waals surface area contributed by atoms with Gasteiger partial charge >= 0.3 is 6.18 Å². The average Bonchev–Trinajstić information content (AvgIpc) is 2.36. The van der Waals surface area contributed by atoms with Crippen LogP contribution in [0.25, 0.3) is 0 Å². The van der Waals surface area contributed by atoms with Crippen LogP contribution < -0.4 is 0 Å². The Bertz CT molecular complexity index is 482. The number of benzene rings is 1. The molecule has 3 nitrogen and oxygen atoms in total. The molecule has 0 aliphatic carbocycles. The summed E-state index contributed by atoms with van der Waals surface area (Å²) in [5.74, 6) is -0.653. The lowest BCUT2D eigenvalue weighted by Crippen LogP contribution is -2.35. The van der Waals surface area contributed by atoms with Crippen LogP contribution in [0.15, 0.2) is 18.2 Å². The average molecular weight is 290 g/mol. The highest BCUT2D eigenvalue weighted by Crippen LogP contribution is 2.20. The first-order valence-electron chi connectivity index (χ1n) is 5.94. The number of hydrogen-bond donors (Lipinski definition) is 1. The summed E-state index contributed by atoms with van der Waals surface area (Å²) in [5, 5.41) is 17.4. The van der Waals surface area contributed by atoms with Crippen LogP contribution in [0.3, 0.4) is 0 Å². The van der Waals surface area contributed by atoms with E-state index in [2.05, 4.69) is 0 Å². The van der Waals surface area contributed by atoms with Gasteiger partial charge in [-0.1, -0.05) is 0 Å². The second kappa shape index (κ2) is 7.22. The van der Waals surface area contributed by atoms with Crippen LogP contribution in [0.5, 0.6) is 0 Å². The number of rotatable bonds is 6. The summed E-state index contributed by atoms with van der Waals surface area (Å²) in [7, 11) is 0. The molecular formula is C13H14F4N2O. The zero-order valence-corrected chi connectivity index (χ0v) is 10.6. The normalized spacial score (nSPS) is 11.7. The second-order valence-corrected chi connectivity index (χ2v) is 4.32. The maximum atomic E-state index is 13.6. The van der Waals surface area contributed by atoms with Crippen molar-refractivity contribution in [1.29, 1.82) is 5.26 Å². The van der Waals surface area contributed by atoms with Gasteiger partial charge in [0.15, 0.2) is 0 Å². The zero-order valence-electron chi connectivity index (χ0n) is 10.6. The van der Waals surface area contributed by atoms with E-state index in [9.17, 15) is 17.6 Å². The van der Waals surface area contributed by atoms with Gasteiger partial charge in [-0.3, -0.25) is 4.90 Å². The number of aliphatic hydroxyl groups excluding tert-OH is 1. The Morgan fingerprint density at radius 2 is 2.00 bits per heavy atom. The molecule has 0 atom stereocenters. The van der Waals surface area contributed by atoms with Crippen molar-refractivity contribution >= 4 is 0 Å². The summed E-state index contributed by atoms with van der Waals surface area (Å²) in [6, 6.07) is 5.37. The number of hydrogen-bond acceptors (Lipinski definition) is 3. The molecule has 110 valence electrons. The van der Waals surface area contributed by atoms with Gasteiger partial charge in [0.2, 0.25) is 0 Å². The monoisotopic (exact) mass is 290 g/mol. The summed E-state index contributed by atoms with van der Waals surface area (Å²) in [4.78, 5) is 0.996. The third-order valence-electron chi connectivity index (χ3n) is 2.60. The quantitative estimate of drug-likeness (QED) is 0.819. The van der Waals surface area contributed by atoms with Crippen LogP contribution in [0.2, 0.25) is 0 Å². The van der Waals surface area contributed by atoms with Crippen LogP contribution in [0.1, 0.15) is 17.5 Å². The van der Waals surface area contributed by atoms with E-state index in [-0.39, 0.29) is 37.2 Å². The minimum Gasteiger partial charge on any atom is -0.396 e. The van der Waals surface area contributed by atoms with Crippen LogP contribution in [0.4, 0.5) is 17.6 Å². The van der Waals surface area contributed by atoms with Crippen molar-refractivity contribution < 1.29 is 22.7 Å². The summed E-state index contributed by atoms with van der Waals surface area (Å²) < 4.78 is 50.8. The molecule has 0 saturated carbocycles. The van der Waals surface area contributed by atoms with Crippen LogP contribution in [-0.4, -0.2) is 35.9 Å². The van der Waals surface area contributed by atoms with E-state index in [1.165, 1.54) is 12.1 Å². The minimum absolute atomic E-state index is 0.00771. The molecule has 0 fully saturated rings. The van der Waals surface area contributed by atoms with E-state index in [1.807, 2.05) is 6.07 Å². The molecule has 0 saturated heterocycles. The molecule has 1 N–H and O–H groups in total. The molecular weight excluding hydrogens is 276 g/mol. The lowest BCUT2D eigenvalue weighted by atomic mass is 10.1. The smallest absolute Gasteiger partial charge is 0.396 e. The van der Waals surface area contributed by atoms with E-state index in [0.29, 0.717) is 0 Å². The Balaban J connectivity index is 2.85. The largest absolute Gasteiger partial charge is 0.401 e. The van der Waals surface area contributed by atoms with Gasteiger partial charge in [0.1, 0.15) is 5.82 Å². The van der Waals surface area contributed by atoms with E-state index in [0.717, 1.165) is 11.0 Å². The van der Waals surface area contributed by atoms with Gasteiger partial charge in [-0.15, -0.1) is 0 Å². The van der Waals surface area contributed by atoms with Gasteiger partial charge in [0.25, 0.3) is 0 Å². The topological polar surface area (TPSA) is 47.3 Å². The van der Waals surface area contributed by atoms with E-state index < -0.39 is 18.5 Å². The Morgan fingerprint density at radius 3 is 2.55 bits per heavy atom. The Hall–Kier alpha value is -1.65. The Kier molecular flexibility index (Phi) is 5.92. The lowest BCUT2D eigenvalue weighted by molar-refractivity contribution is -0.147. The lowest BCUT2D eigenvalue weighted by Gasteiger charge is -2.23. The summed E-state index contributed by atoms with van der Waals surface area (Å²) >= 11 is 0. The van der Waals surface area contributed by atoms with Crippen LogP contribution >= 0.6 is 0 Å². The molecule has 0 spiro atoms. The highest BCUT2D eigenvalue weighted by molar-refractivity contribution is 5.33. The summed E-state index contributed by atoms with van der Waals surface area (Å²) in [5.41, 5.74) is 0.224. The standard InChI is InChI=1S/C13H14F4N2O/c14-12-3-2-10(7-18)6-11(12)8-19(4-1-5-20)9-13(15,16)17/h2-3,6,20H,1,4-5,8-9H2. The first kappa shape index (κ1) is 16.4. The molecule has 1 aromatic rings. The second-order valence-electron chi connectivity index (χ2n) is 4.32. The van der Waals surface area contributed by atoms with Crippen molar-refractivity contribution in [3.05, 3.63) is 35.1 Å². The van der Waals surface area contributed by atoms with Crippen molar-refractivity contribution in [3.63, 3.8) is 0 Å². The van der Waals surface area contributed by atoms with Gasteiger partial charge in [0.05, 0.1) is 18.2 Å². The number of halogens is 4. The highest BCUT2D eigenvalue weighted by atomic mass is 19.4. The van der Waals surface area contributed by atoms with Gasteiger partial charge < -0.3 is 5.11 Å². The van der Waals surface area contributed by atoms with Crippen molar-refractivity contribution in [2.24, 2.45) is 0 Å². The summed E-state index contributed by atoms with van der Waals surface area (Å²) in [6.45, 7) is -1.70. The molecule has 0 radical (unpaired) electrons. The van der Waals surface area contributed by atoms with Crippen molar-refractivity contribution in [3.8, 4) is 6.07 Å². The number of alkyl halides is 3. The molecule has 0 heterocycles. The minimum atomic E-state index is -4.40. The molecule has 20 heavy (non-hydrogen) atoms. The van der Waals surface area contributed by atoms with Crippen molar-refractivity contribution in [1.82, 2.24) is 4.90 Å². The van der Waals surface area contributed by atoms with Crippen LogP contribution in [0, 0.1) is 17.1 Å². The fourth-order valence-corrected chi connectivity index (χ4v) is 1.77. The number of nitriles is 1. The Labute approximate surface area is 114 Å². The zero-order chi connectivity index (χ0) is 15.2. The molecule has 0 aliphatic heterocycles. The van der Waals surface area contributed by atoms with Crippen molar-refractivity contribution in [2.75, 3.05) is 19.7 Å². The van der Waals surface area contributed by atoms with Crippen molar-refractivity contribution in [2.45, 2.75) is 19.1 Å². The highest BCUT2D eigenvalue weighted by Gasteiger charge is 2.30. The van der Waals surface area contributed by atoms with E-state index in [4.69, 9.17) is 10.4 Å². The molecule has 0 bridgehead atoms. The molecule has 0 aliphatic rings. The SMILES string of the molecule is N#Cc1ccc(F)c(CN(CCCO)CC(F)(F)F)c1. The fourth-order valence-electron chi connectivity index (χ4n) is 1.77. The van der Waals surface area contributed by atoms with Crippen LogP contribution in [-0.2, 0) is 6.54 Å². The van der Waals surface area contributed by atoms with E-state index >= 15 is 0 Å². The molecule has 0 aromatic heterocycles. The first-order valence-corrected chi connectivity index (χ1v) is 5.94. The molecule has 0 unspecified atom stereocenters. The number of aliphatic hydroxyl groups is 1. The molecule has 1 rings (SSSR count). The predicted octanol–water partition coefficient (Wildman–Crippen LogP) is 2.44. The fraction of sp³-hybridized carbons (Fsp3) is 0.462. The van der Waals surface area contributed by atoms with Gasteiger partial charge in [0, 0.05) is 25.3 Å². The third kappa shape index (κ3) is 5.55. The van der Waals surface area contributed by atoms with Gasteiger partial charge in [-0.2, -0.15) is 18.4 Å². The predicted molar refractivity (Wildman–Crippen MR) is 64.1 cm³/mol. The maximum Gasteiger partial charge on any atom is 0.401 e. The molecule has 0 amide bonds. The first-order chi connectivity index (χ1) is 9.35. The third-order valence-corrected chi connectivity index (χ3v) is 2.60. The Morgan fingerprint density at radius 1 is 1.30 bits per heavy atom. The van der Waals surface area contributed by atoms with Gasteiger partial charge in [-0.05, 0) is 24.6 Å². The summed E-state index contributed by atoms with van der Waals surface area (Å²) in [6.07, 6.45) is -4.24. The maximum absolute atomic E-state index is 13.6. The number of nitrogens with zero attached hydrogens (tertiary/aromatic N) is 2. The molecule has 7 heteroatoms. The van der Waals surface area contributed by atoms with Gasteiger partial charge in [-0.25, -0.2) is 4.39 Å². The van der Waals surface area contributed by atoms with E-state index in [1.54, 1.807) is 0 Å². The molecule has 1 aromatic carbocycles.